The molecule has 1 N–H and O–H groups in total. The lowest BCUT2D eigenvalue weighted by Crippen LogP contribution is -2.28. The number of sulfone groups is 2. The molecule has 0 spiro atoms. The molecule has 17 heteroatoms. The smallest absolute Gasteiger partial charge is 0.461 e. The zero-order valence-electron chi connectivity index (χ0n) is 32.0. The van der Waals surface area contributed by atoms with Crippen molar-refractivity contribution in [3.05, 3.63) is 130 Å². The third kappa shape index (κ3) is 13.6. The summed E-state index contributed by atoms with van der Waals surface area (Å²) in [7, 11) is -7.16. The van der Waals surface area contributed by atoms with Gasteiger partial charge in [-0.3, -0.25) is 4.90 Å². The predicted molar refractivity (Wildman–Crippen MR) is 210 cm³/mol. The Morgan fingerprint density at radius 1 is 0.776 bits per heavy atom. The molecule has 312 valence electrons. The highest BCUT2D eigenvalue weighted by Gasteiger charge is 2.32. The molecule has 2 aliphatic rings. The van der Waals surface area contributed by atoms with Crippen LogP contribution in [-0.4, -0.2) is 100 Å². The summed E-state index contributed by atoms with van der Waals surface area (Å²) in [6, 6.07) is 18.9. The second-order valence-electron chi connectivity index (χ2n) is 14.1. The number of halogens is 3. The number of alkyl halides is 3. The maximum absolute atomic E-state index is 14.0. The zero-order chi connectivity index (χ0) is 42.1. The molecule has 0 aliphatic carbocycles. The molecule has 3 aromatic carbocycles. The van der Waals surface area contributed by atoms with Crippen molar-refractivity contribution >= 4 is 37.2 Å². The second-order valence-corrected chi connectivity index (χ2v) is 18.7. The average Bonchev–Trinajstić information content (AvgIpc) is 3.65. The fraction of sp³-hybridized carbons (Fsp3) is 0.366. The molecule has 12 nitrogen and oxygen atoms in total. The first-order chi connectivity index (χ1) is 27.4. The van der Waals surface area contributed by atoms with E-state index >= 15 is 0 Å². The van der Waals surface area contributed by atoms with Gasteiger partial charge in [0, 0.05) is 31.8 Å². The van der Waals surface area contributed by atoms with Gasteiger partial charge in [-0.1, -0.05) is 60.7 Å². The fourth-order valence-corrected chi connectivity index (χ4v) is 7.18. The molecule has 0 bridgehead atoms. The fourth-order valence-electron chi connectivity index (χ4n) is 6.41. The van der Waals surface area contributed by atoms with Crippen molar-refractivity contribution in [1.82, 2.24) is 9.80 Å². The molecule has 3 aromatic rings. The van der Waals surface area contributed by atoms with E-state index in [1.165, 1.54) is 24.4 Å². The van der Waals surface area contributed by atoms with Crippen LogP contribution in [0, 0.1) is 0 Å². The topological polar surface area (TPSA) is 157 Å². The molecule has 0 amide bonds. The largest absolute Gasteiger partial charge is 0.573 e. The van der Waals surface area contributed by atoms with E-state index < -0.39 is 80.1 Å². The Balaban J connectivity index is 1.71. The Kier molecular flexibility index (Phi) is 14.6. The van der Waals surface area contributed by atoms with Crippen LogP contribution in [0.3, 0.4) is 0 Å². The lowest BCUT2D eigenvalue weighted by molar-refractivity contribution is -0.274. The number of likely N-dealkylation sites (tertiary alicyclic amines) is 1. The molecule has 2 aliphatic heterocycles. The van der Waals surface area contributed by atoms with Gasteiger partial charge in [0.1, 0.15) is 19.0 Å². The SMILES string of the molecule is CS(=O)(=O)CCOC(=O)C1=CC(c2ccc(CO)cc2)=CC(c2ccc(CN3CCCC3)cc2)N(Cc2cccc(OC(F)(F)F)c2)C=C1C(=O)OCCS(C)(=O)=O. The van der Waals surface area contributed by atoms with Gasteiger partial charge in [-0.2, -0.15) is 0 Å². The molecular weight excluding hydrogens is 802 g/mol. The van der Waals surface area contributed by atoms with Gasteiger partial charge in [-0.15, -0.1) is 13.2 Å². The molecule has 0 aromatic heterocycles. The molecule has 0 saturated carbocycles. The number of aliphatic hydroxyl groups is 1. The summed E-state index contributed by atoms with van der Waals surface area (Å²) in [4.78, 5) is 31.9. The minimum Gasteiger partial charge on any atom is -0.461 e. The number of hydrogen-bond acceptors (Lipinski definition) is 12. The van der Waals surface area contributed by atoms with Crippen LogP contribution in [0.25, 0.3) is 5.57 Å². The number of ether oxygens (including phenoxy) is 3. The number of esters is 2. The van der Waals surface area contributed by atoms with Crippen LogP contribution in [-0.2, 0) is 58.4 Å². The summed E-state index contributed by atoms with van der Waals surface area (Å²) in [5.74, 6) is -3.76. The maximum Gasteiger partial charge on any atom is 0.573 e. The van der Waals surface area contributed by atoms with Gasteiger partial charge in [0.25, 0.3) is 0 Å². The van der Waals surface area contributed by atoms with E-state index in [9.17, 15) is 44.7 Å². The monoisotopic (exact) mass is 846 g/mol. The summed E-state index contributed by atoms with van der Waals surface area (Å²) < 4.78 is 102. The number of benzene rings is 3. The van der Waals surface area contributed by atoms with Crippen LogP contribution in [0.2, 0.25) is 0 Å². The van der Waals surface area contributed by atoms with E-state index in [-0.39, 0.29) is 18.7 Å². The first-order valence-corrected chi connectivity index (χ1v) is 22.4. The number of hydrogen-bond donors (Lipinski definition) is 1. The molecular formula is C41H45F3N2O10S2. The van der Waals surface area contributed by atoms with E-state index in [2.05, 4.69) is 9.64 Å². The third-order valence-corrected chi connectivity index (χ3v) is 11.1. The van der Waals surface area contributed by atoms with Gasteiger partial charge in [-0.25, -0.2) is 26.4 Å². The van der Waals surface area contributed by atoms with Crippen LogP contribution >= 0.6 is 0 Å². The minimum atomic E-state index is -4.97. The van der Waals surface area contributed by atoms with Crippen molar-refractivity contribution in [2.45, 2.75) is 44.9 Å². The van der Waals surface area contributed by atoms with Gasteiger partial charge in [0.05, 0.1) is 35.3 Å². The predicted octanol–water partition coefficient (Wildman–Crippen LogP) is 5.30. The first kappa shape index (κ1) is 44.1. The van der Waals surface area contributed by atoms with Crippen LogP contribution in [0.4, 0.5) is 13.2 Å². The number of rotatable bonds is 16. The second kappa shape index (κ2) is 19.2. The molecule has 0 radical (unpaired) electrons. The van der Waals surface area contributed by atoms with E-state index in [1.54, 1.807) is 41.3 Å². The standard InChI is InChI=1S/C41H45F3N2O10S2/c1-57(50,51)20-18-54-39(48)36-23-34(32-12-10-30(28-47)11-13-32)24-38(33-14-8-29(9-15-33)25-45-16-3-4-17-45)46(27-37(36)40(49)55-19-21-58(2,52)53)26-31-6-5-7-35(22-31)56-41(42,43)44/h5-15,22-24,27,38,47H,3-4,16-21,25-26,28H2,1-2H3. The number of aliphatic hydroxyl groups excluding tert-OH is 1. The summed E-state index contributed by atoms with van der Waals surface area (Å²) in [5, 5.41) is 9.74. The van der Waals surface area contributed by atoms with Crippen LogP contribution in [0.15, 0.2) is 102 Å². The molecule has 1 unspecified atom stereocenters. The molecule has 1 fully saturated rings. The lowest BCUT2D eigenvalue weighted by atomic mass is 9.92. The maximum atomic E-state index is 14.0. The van der Waals surface area contributed by atoms with E-state index in [0.717, 1.165) is 56.6 Å². The number of carbonyl (C=O) groups is 2. The summed E-state index contributed by atoms with van der Waals surface area (Å²) in [5.41, 5.74) is 2.80. The van der Waals surface area contributed by atoms with E-state index in [0.29, 0.717) is 27.8 Å². The highest BCUT2D eigenvalue weighted by molar-refractivity contribution is 7.90. The van der Waals surface area contributed by atoms with Crippen LogP contribution < -0.4 is 4.74 Å². The highest BCUT2D eigenvalue weighted by atomic mass is 32.2. The highest BCUT2D eigenvalue weighted by Crippen LogP contribution is 2.36. The summed E-state index contributed by atoms with van der Waals surface area (Å²) in [6.07, 6.45) is 3.65. The first-order valence-electron chi connectivity index (χ1n) is 18.3. The average molecular weight is 847 g/mol. The Morgan fingerprint density at radius 2 is 1.36 bits per heavy atom. The Hall–Kier alpha value is -4.97. The normalized spacial score (nSPS) is 16.8. The van der Waals surface area contributed by atoms with Crippen molar-refractivity contribution in [2.24, 2.45) is 0 Å². The number of nitrogens with zero attached hydrogens (tertiary/aromatic N) is 2. The van der Waals surface area contributed by atoms with Gasteiger partial charge in [0.15, 0.2) is 19.7 Å². The number of allylic oxidation sites excluding steroid dienone is 2. The van der Waals surface area contributed by atoms with Crippen molar-refractivity contribution in [3.63, 3.8) is 0 Å². The molecule has 1 atom stereocenters. The molecule has 58 heavy (non-hydrogen) atoms. The van der Waals surface area contributed by atoms with E-state index in [4.69, 9.17) is 9.47 Å². The quantitative estimate of drug-likeness (QED) is 0.186. The van der Waals surface area contributed by atoms with Gasteiger partial charge < -0.3 is 24.2 Å². The summed E-state index contributed by atoms with van der Waals surface area (Å²) >= 11 is 0. The van der Waals surface area contributed by atoms with Crippen molar-refractivity contribution in [2.75, 3.05) is 50.3 Å². The number of carbonyl (C=O) groups excluding carboxylic acids is 2. The van der Waals surface area contributed by atoms with Crippen molar-refractivity contribution in [3.8, 4) is 5.75 Å². The lowest BCUT2D eigenvalue weighted by Gasteiger charge is -2.32. The molecule has 2 heterocycles. The third-order valence-electron chi connectivity index (χ3n) is 9.29. The van der Waals surface area contributed by atoms with Crippen LogP contribution in [0.5, 0.6) is 5.75 Å². The summed E-state index contributed by atoms with van der Waals surface area (Å²) in [6.45, 7) is 1.16. The van der Waals surface area contributed by atoms with Crippen LogP contribution in [0.1, 0.15) is 46.7 Å². The Morgan fingerprint density at radius 3 is 1.93 bits per heavy atom. The van der Waals surface area contributed by atoms with Gasteiger partial charge in [-0.05, 0) is 83.6 Å². The van der Waals surface area contributed by atoms with Gasteiger partial charge >= 0.3 is 18.3 Å². The Bertz CT molecular complexity index is 2250. The minimum absolute atomic E-state index is 0.154. The van der Waals surface area contributed by atoms with Gasteiger partial charge in [0.2, 0.25) is 0 Å². The van der Waals surface area contributed by atoms with Crippen molar-refractivity contribution < 1.29 is 58.9 Å². The van der Waals surface area contributed by atoms with E-state index in [1.807, 2.05) is 24.3 Å². The zero-order valence-corrected chi connectivity index (χ0v) is 33.6. The Labute approximate surface area is 336 Å². The van der Waals surface area contributed by atoms with Crippen molar-refractivity contribution in [1.29, 1.82) is 0 Å². The molecule has 1 saturated heterocycles. The molecule has 5 rings (SSSR count).